The van der Waals surface area contributed by atoms with Gasteiger partial charge in [0.2, 0.25) is 5.91 Å². The van der Waals surface area contributed by atoms with E-state index in [1.54, 1.807) is 9.80 Å². The molecule has 4 aromatic rings. The van der Waals surface area contributed by atoms with Crippen LogP contribution in [0.1, 0.15) is 32.6 Å². The minimum absolute atomic E-state index is 0.0432. The lowest BCUT2D eigenvalue weighted by molar-refractivity contribution is -0.129. The van der Waals surface area contributed by atoms with E-state index in [4.69, 9.17) is 0 Å². The molecule has 4 nitrogen and oxygen atoms in total. The zero-order valence-corrected chi connectivity index (χ0v) is 20.2. The summed E-state index contributed by atoms with van der Waals surface area (Å²) in [6.45, 7) is 2.99. The summed E-state index contributed by atoms with van der Waals surface area (Å²) in [6, 6.07) is 35.3. The molecule has 0 aliphatic rings. The van der Waals surface area contributed by atoms with Gasteiger partial charge in [-0.05, 0) is 47.4 Å². The SMILES string of the molecule is Cc1ccccc1C(=O)N(Cc1ccccc1)c1ccc(CC(=O)N(C)Cc2ccccc2)cc1. The second-order valence-electron chi connectivity index (χ2n) is 8.77. The van der Waals surface area contributed by atoms with Gasteiger partial charge in [0.15, 0.2) is 0 Å². The number of anilines is 1. The van der Waals surface area contributed by atoms with Crippen molar-refractivity contribution < 1.29 is 9.59 Å². The molecule has 0 spiro atoms. The highest BCUT2D eigenvalue weighted by Gasteiger charge is 2.20. The van der Waals surface area contributed by atoms with Crippen molar-refractivity contribution in [3.63, 3.8) is 0 Å². The average Bonchev–Trinajstić information content (AvgIpc) is 2.89. The number of carbonyl (C=O) groups excluding carboxylic acids is 2. The number of hydrogen-bond acceptors (Lipinski definition) is 2. The Kier molecular flexibility index (Phi) is 7.74. The predicted molar refractivity (Wildman–Crippen MR) is 141 cm³/mol. The Labute approximate surface area is 207 Å². The van der Waals surface area contributed by atoms with Crippen LogP contribution in [-0.4, -0.2) is 23.8 Å². The van der Waals surface area contributed by atoms with Gasteiger partial charge in [0.05, 0.1) is 13.0 Å². The predicted octanol–water partition coefficient (Wildman–Crippen LogP) is 6.04. The lowest BCUT2D eigenvalue weighted by Gasteiger charge is -2.24. The lowest BCUT2D eigenvalue weighted by Crippen LogP contribution is -2.31. The van der Waals surface area contributed by atoms with E-state index in [0.717, 1.165) is 27.9 Å². The van der Waals surface area contributed by atoms with Gasteiger partial charge in [-0.1, -0.05) is 91.0 Å². The van der Waals surface area contributed by atoms with Crippen LogP contribution in [0.3, 0.4) is 0 Å². The number of hydrogen-bond donors (Lipinski definition) is 0. The molecular formula is C31H30N2O2. The third kappa shape index (κ3) is 6.24. The van der Waals surface area contributed by atoms with E-state index >= 15 is 0 Å². The van der Waals surface area contributed by atoms with Crippen molar-refractivity contribution >= 4 is 17.5 Å². The Morgan fingerprint density at radius 2 is 1.17 bits per heavy atom. The van der Waals surface area contributed by atoms with Crippen LogP contribution < -0.4 is 4.90 Å². The molecule has 0 aliphatic carbocycles. The number of nitrogens with zero attached hydrogens (tertiary/aromatic N) is 2. The van der Waals surface area contributed by atoms with E-state index in [-0.39, 0.29) is 11.8 Å². The first-order chi connectivity index (χ1) is 17.0. The molecule has 0 bridgehead atoms. The molecular weight excluding hydrogens is 432 g/mol. The quantitative estimate of drug-likeness (QED) is 0.320. The number of likely N-dealkylation sites (N-methyl/N-ethyl adjacent to an activating group) is 1. The third-order valence-corrected chi connectivity index (χ3v) is 6.10. The Bertz CT molecular complexity index is 1270. The third-order valence-electron chi connectivity index (χ3n) is 6.10. The van der Waals surface area contributed by atoms with Crippen LogP contribution in [-0.2, 0) is 24.3 Å². The monoisotopic (exact) mass is 462 g/mol. The van der Waals surface area contributed by atoms with Crippen LogP contribution in [0.2, 0.25) is 0 Å². The lowest BCUT2D eigenvalue weighted by atomic mass is 10.1. The molecule has 0 saturated heterocycles. The first kappa shape index (κ1) is 24.0. The topological polar surface area (TPSA) is 40.6 Å². The molecule has 2 amide bonds. The first-order valence-corrected chi connectivity index (χ1v) is 11.8. The fourth-order valence-electron chi connectivity index (χ4n) is 4.05. The van der Waals surface area contributed by atoms with Gasteiger partial charge in [0.1, 0.15) is 0 Å². The smallest absolute Gasteiger partial charge is 0.258 e. The van der Waals surface area contributed by atoms with Crippen LogP contribution in [0.25, 0.3) is 0 Å². The molecule has 0 unspecified atom stereocenters. The molecule has 0 heterocycles. The minimum Gasteiger partial charge on any atom is -0.341 e. The van der Waals surface area contributed by atoms with Gasteiger partial charge >= 0.3 is 0 Å². The Hall–Kier alpha value is -4.18. The summed E-state index contributed by atoms with van der Waals surface area (Å²) in [6.07, 6.45) is 0.314. The van der Waals surface area contributed by atoms with Crippen LogP contribution in [0.4, 0.5) is 5.69 Å². The summed E-state index contributed by atoms with van der Waals surface area (Å²) in [4.78, 5) is 29.9. The van der Waals surface area contributed by atoms with Gasteiger partial charge in [0.25, 0.3) is 5.91 Å². The maximum atomic E-state index is 13.6. The maximum absolute atomic E-state index is 13.6. The fourth-order valence-corrected chi connectivity index (χ4v) is 4.05. The summed E-state index contributed by atoms with van der Waals surface area (Å²) in [5.74, 6) is 0.0112. The number of amides is 2. The van der Waals surface area contributed by atoms with E-state index in [2.05, 4.69) is 0 Å². The van der Waals surface area contributed by atoms with Crippen molar-refractivity contribution in [3.05, 3.63) is 137 Å². The second-order valence-corrected chi connectivity index (χ2v) is 8.77. The first-order valence-electron chi connectivity index (χ1n) is 11.8. The highest BCUT2D eigenvalue weighted by atomic mass is 16.2. The van der Waals surface area contributed by atoms with Crippen LogP contribution in [0.15, 0.2) is 109 Å². The normalized spacial score (nSPS) is 10.6. The van der Waals surface area contributed by atoms with Crippen molar-refractivity contribution in [3.8, 4) is 0 Å². The Balaban J connectivity index is 1.51. The van der Waals surface area contributed by atoms with E-state index in [0.29, 0.717) is 25.1 Å². The molecule has 0 atom stereocenters. The zero-order chi connectivity index (χ0) is 24.6. The minimum atomic E-state index is -0.0432. The summed E-state index contributed by atoms with van der Waals surface area (Å²) in [7, 11) is 1.83. The molecule has 4 heteroatoms. The fraction of sp³-hybridized carbons (Fsp3) is 0.161. The number of rotatable bonds is 8. The van der Waals surface area contributed by atoms with Crippen LogP contribution in [0.5, 0.6) is 0 Å². The van der Waals surface area contributed by atoms with Gasteiger partial charge in [-0.3, -0.25) is 9.59 Å². The summed E-state index contributed by atoms with van der Waals surface area (Å²) >= 11 is 0. The highest BCUT2D eigenvalue weighted by molar-refractivity contribution is 6.07. The van der Waals surface area contributed by atoms with E-state index in [1.807, 2.05) is 123 Å². The zero-order valence-electron chi connectivity index (χ0n) is 20.2. The molecule has 0 N–H and O–H groups in total. The maximum Gasteiger partial charge on any atom is 0.258 e. The molecule has 35 heavy (non-hydrogen) atoms. The molecule has 4 rings (SSSR count). The highest BCUT2D eigenvalue weighted by Crippen LogP contribution is 2.23. The van der Waals surface area contributed by atoms with Crippen LogP contribution >= 0.6 is 0 Å². The summed E-state index contributed by atoms with van der Waals surface area (Å²) < 4.78 is 0. The van der Waals surface area contributed by atoms with Gasteiger partial charge in [0, 0.05) is 24.8 Å². The molecule has 0 fully saturated rings. The Morgan fingerprint density at radius 1 is 0.629 bits per heavy atom. The van der Waals surface area contributed by atoms with Crippen molar-refractivity contribution in [1.29, 1.82) is 0 Å². The number of carbonyl (C=O) groups is 2. The van der Waals surface area contributed by atoms with E-state index in [1.165, 1.54) is 0 Å². The number of benzene rings is 4. The second kappa shape index (κ2) is 11.3. The van der Waals surface area contributed by atoms with E-state index in [9.17, 15) is 9.59 Å². The summed E-state index contributed by atoms with van der Waals surface area (Å²) in [5.41, 5.74) is 5.50. The molecule has 4 aromatic carbocycles. The molecule has 0 aliphatic heterocycles. The van der Waals surface area contributed by atoms with Crippen molar-refractivity contribution in [2.75, 3.05) is 11.9 Å². The molecule has 176 valence electrons. The van der Waals surface area contributed by atoms with Gasteiger partial charge < -0.3 is 9.80 Å². The standard InChI is InChI=1S/C31H30N2O2/c1-24-11-9-10-16-29(24)31(35)33(23-27-14-7-4-8-15-27)28-19-17-25(18-20-28)21-30(34)32(2)22-26-12-5-3-6-13-26/h3-20H,21-23H2,1-2H3. The van der Waals surface area contributed by atoms with E-state index < -0.39 is 0 Å². The van der Waals surface area contributed by atoms with Gasteiger partial charge in [-0.25, -0.2) is 0 Å². The largest absolute Gasteiger partial charge is 0.341 e. The number of aryl methyl sites for hydroxylation is 1. The van der Waals surface area contributed by atoms with Gasteiger partial charge in [-0.2, -0.15) is 0 Å². The van der Waals surface area contributed by atoms with Crippen molar-refractivity contribution in [1.82, 2.24) is 4.90 Å². The average molecular weight is 463 g/mol. The van der Waals surface area contributed by atoms with Crippen molar-refractivity contribution in [2.24, 2.45) is 0 Å². The molecule has 0 aromatic heterocycles. The summed E-state index contributed by atoms with van der Waals surface area (Å²) in [5, 5.41) is 0. The molecule has 0 radical (unpaired) electrons. The van der Waals surface area contributed by atoms with Gasteiger partial charge in [-0.15, -0.1) is 0 Å². The van der Waals surface area contributed by atoms with Crippen LogP contribution in [0, 0.1) is 6.92 Å². The Morgan fingerprint density at radius 3 is 1.77 bits per heavy atom. The van der Waals surface area contributed by atoms with Crippen molar-refractivity contribution in [2.45, 2.75) is 26.4 Å². The molecule has 0 saturated carbocycles.